The molecule has 10 heteroatoms. The highest BCUT2D eigenvalue weighted by Crippen LogP contribution is 2.57. The molecule has 3 aromatic rings. The minimum atomic E-state index is -4.57. The molecule has 3 aromatic carbocycles. The molecule has 0 radical (unpaired) electrons. The van der Waals surface area contributed by atoms with E-state index in [0.29, 0.717) is 18.0 Å². The lowest BCUT2D eigenvalue weighted by Gasteiger charge is -2.09. The van der Waals surface area contributed by atoms with Crippen molar-refractivity contribution < 1.29 is 22.8 Å². The Kier molecular flexibility index (Phi) is 5.94. The summed E-state index contributed by atoms with van der Waals surface area (Å²) < 4.78 is 43.0. The van der Waals surface area contributed by atoms with E-state index in [2.05, 4.69) is 9.44 Å². The number of carbonyl (C=O) groups is 2. The number of nitrogens with zero attached hydrogens (tertiary/aromatic N) is 1. The number of rotatable bonds is 5. The predicted molar refractivity (Wildman–Crippen MR) is 117 cm³/mol. The smallest absolute Gasteiger partial charge is 0.282 e. The Morgan fingerprint density at radius 1 is 0.903 bits per heavy atom. The van der Waals surface area contributed by atoms with Gasteiger partial charge >= 0.3 is 11.4 Å². The summed E-state index contributed by atoms with van der Waals surface area (Å²) in [6.45, 7) is 0. The average molecular weight is 461 g/mol. The maximum atomic E-state index is 12.8. The first-order valence-corrected chi connectivity index (χ1v) is 10.5. The van der Waals surface area contributed by atoms with Gasteiger partial charge in [-0.05, 0) is 29.8 Å². The second kappa shape index (κ2) is 8.66. The van der Waals surface area contributed by atoms with E-state index in [1.807, 2.05) is 52.8 Å². The summed E-state index contributed by atoms with van der Waals surface area (Å²) in [5.41, 5.74) is 2.94. The van der Waals surface area contributed by atoms with Crippen LogP contribution in [-0.4, -0.2) is 11.1 Å². The number of imide groups is 1. The molecule has 0 atom stereocenters. The van der Waals surface area contributed by atoms with Gasteiger partial charge in [0.2, 0.25) is 0 Å². The number of anilines is 2. The van der Waals surface area contributed by atoms with E-state index < -0.39 is 22.9 Å². The number of benzene rings is 3. The topological polar surface area (TPSA) is 61.2 Å². The predicted octanol–water partition coefficient (Wildman–Crippen LogP) is 6.17. The Morgan fingerprint density at radius 2 is 1.65 bits per heavy atom. The molecule has 1 aliphatic heterocycles. The lowest BCUT2D eigenvalue weighted by Crippen LogP contribution is -2.28. The second-order valence-corrected chi connectivity index (χ2v) is 8.22. The third kappa shape index (κ3) is 4.87. The average Bonchev–Trinajstić information content (AvgIpc) is 3.47. The first-order valence-electron chi connectivity index (χ1n) is 8.94. The summed E-state index contributed by atoms with van der Waals surface area (Å²) >= 11 is 1.79. The largest absolute Gasteiger partial charge is 0.416 e. The number of halogens is 3. The maximum Gasteiger partial charge on any atom is 0.416 e. The molecular formula is C21H14F3N3O2S2. The Hall–Kier alpha value is -2.95. The van der Waals surface area contributed by atoms with Crippen molar-refractivity contribution in [3.05, 3.63) is 83.9 Å². The number of hydrogen-bond acceptors (Lipinski definition) is 6. The summed E-state index contributed by atoms with van der Waals surface area (Å²) in [5.74, 6) is -0.906. The fourth-order valence-electron chi connectivity index (χ4n) is 2.94. The molecule has 0 saturated carbocycles. The number of hydrogen-bond donors (Lipinski definition) is 2. The zero-order valence-corrected chi connectivity index (χ0v) is 17.3. The molecule has 5 nitrogen and oxygen atoms in total. The number of amides is 2. The lowest BCUT2D eigenvalue weighted by atomic mass is 10.1. The maximum absolute atomic E-state index is 12.8. The molecule has 0 bridgehead atoms. The van der Waals surface area contributed by atoms with Crippen molar-refractivity contribution in [2.75, 3.05) is 4.31 Å². The molecule has 2 amide bonds. The normalized spacial score (nSPS) is 12.3. The van der Waals surface area contributed by atoms with Crippen LogP contribution in [0.4, 0.5) is 29.3 Å². The van der Waals surface area contributed by atoms with Gasteiger partial charge in [0, 0.05) is 23.1 Å². The van der Waals surface area contributed by atoms with Crippen LogP contribution in [0, 0.1) is 0 Å². The van der Waals surface area contributed by atoms with E-state index in [0.717, 1.165) is 46.8 Å². The van der Waals surface area contributed by atoms with E-state index in [1.165, 1.54) is 6.07 Å². The van der Waals surface area contributed by atoms with Crippen LogP contribution in [0.1, 0.15) is 15.9 Å². The van der Waals surface area contributed by atoms with Gasteiger partial charge in [-0.15, -0.1) is 0 Å². The molecule has 4 rings (SSSR count). The van der Waals surface area contributed by atoms with Gasteiger partial charge in [-0.3, -0.25) is 19.2 Å². The van der Waals surface area contributed by atoms with E-state index in [1.54, 1.807) is 0 Å². The highest BCUT2D eigenvalue weighted by molar-refractivity contribution is 8.21. The summed E-state index contributed by atoms with van der Waals surface area (Å²) in [5, 5.41) is 1.32. The minimum Gasteiger partial charge on any atom is -0.282 e. The highest BCUT2D eigenvalue weighted by Gasteiger charge is 2.34. The number of para-hydroxylation sites is 1. The van der Waals surface area contributed by atoms with Gasteiger partial charge in [-0.25, -0.2) is 0 Å². The van der Waals surface area contributed by atoms with E-state index in [-0.39, 0.29) is 5.56 Å². The highest BCUT2D eigenvalue weighted by atomic mass is 32.2. The van der Waals surface area contributed by atoms with Gasteiger partial charge in [0.05, 0.1) is 29.1 Å². The van der Waals surface area contributed by atoms with Crippen LogP contribution in [0.15, 0.2) is 72.8 Å². The molecule has 2 N–H and O–H groups in total. The molecular weight excluding hydrogens is 447 g/mol. The molecule has 0 aliphatic carbocycles. The number of nitrogens with one attached hydrogen (secondary N) is 2. The number of fused-ring (bicyclic) bond motifs is 1. The van der Waals surface area contributed by atoms with Crippen LogP contribution in [0.5, 0.6) is 0 Å². The second-order valence-electron chi connectivity index (χ2n) is 6.43. The zero-order valence-electron chi connectivity index (χ0n) is 15.6. The molecule has 0 aromatic heterocycles. The molecule has 1 heterocycles. The van der Waals surface area contributed by atoms with Gasteiger partial charge in [0.15, 0.2) is 0 Å². The van der Waals surface area contributed by atoms with Crippen LogP contribution in [0.3, 0.4) is 0 Å². The summed E-state index contributed by atoms with van der Waals surface area (Å²) in [4.78, 5) is 24.1. The fraction of sp³-hybridized carbons (Fsp3) is 0.0476. The third-order valence-electron chi connectivity index (χ3n) is 4.40. The summed E-state index contributed by atoms with van der Waals surface area (Å²) in [7, 11) is 0. The van der Waals surface area contributed by atoms with Gasteiger partial charge < -0.3 is 0 Å². The zero-order chi connectivity index (χ0) is 22.0. The Bertz CT molecular complexity index is 1140. The Balaban J connectivity index is 1.30. The molecule has 0 fully saturated rings. The van der Waals surface area contributed by atoms with Crippen LogP contribution in [0.25, 0.3) is 11.1 Å². The van der Waals surface area contributed by atoms with Gasteiger partial charge in [-0.2, -0.15) is 17.3 Å². The molecule has 158 valence electrons. The van der Waals surface area contributed by atoms with E-state index in [4.69, 9.17) is 0 Å². The molecule has 0 unspecified atom stereocenters. The number of carbonyl (C=O) groups excluding carboxylic acids is 2. The summed E-state index contributed by atoms with van der Waals surface area (Å²) in [6.07, 6.45) is -4.57. The van der Waals surface area contributed by atoms with Crippen molar-refractivity contribution in [3.8, 4) is 11.1 Å². The van der Waals surface area contributed by atoms with Crippen molar-refractivity contribution in [2.45, 2.75) is 6.18 Å². The van der Waals surface area contributed by atoms with Gasteiger partial charge in [-0.1, -0.05) is 48.5 Å². The lowest BCUT2D eigenvalue weighted by molar-refractivity contribution is -0.137. The Labute approximate surface area is 184 Å². The standard InChI is InChI=1S/C21H14F3N3O2S2/c22-21(23,24)15-9-4-8-14(12-15)19(28)25-20(29)30-26-31-27-17-11-5-10-16(18(17)27)13-6-2-1-3-7-13/h1-12,26H,(H,25,28,29). The van der Waals surface area contributed by atoms with Crippen molar-refractivity contribution in [1.29, 1.82) is 0 Å². The monoisotopic (exact) mass is 461 g/mol. The van der Waals surface area contributed by atoms with Crippen molar-refractivity contribution in [1.82, 2.24) is 9.44 Å². The van der Waals surface area contributed by atoms with Crippen LogP contribution < -0.4 is 13.7 Å². The van der Waals surface area contributed by atoms with Crippen molar-refractivity contribution in [2.24, 2.45) is 0 Å². The van der Waals surface area contributed by atoms with Gasteiger partial charge in [0.1, 0.15) is 0 Å². The first kappa shape index (κ1) is 21.3. The van der Waals surface area contributed by atoms with Crippen LogP contribution >= 0.6 is 24.1 Å². The van der Waals surface area contributed by atoms with Crippen LogP contribution in [-0.2, 0) is 6.18 Å². The Morgan fingerprint density at radius 3 is 2.39 bits per heavy atom. The molecule has 31 heavy (non-hydrogen) atoms. The minimum absolute atomic E-state index is 0.248. The van der Waals surface area contributed by atoms with E-state index >= 15 is 0 Å². The van der Waals surface area contributed by atoms with Crippen molar-refractivity contribution in [3.63, 3.8) is 0 Å². The number of alkyl halides is 3. The van der Waals surface area contributed by atoms with Crippen molar-refractivity contribution >= 4 is 46.6 Å². The quantitative estimate of drug-likeness (QED) is 0.350. The molecule has 0 spiro atoms. The first-order chi connectivity index (χ1) is 14.8. The molecule has 0 saturated heterocycles. The fourth-order valence-corrected chi connectivity index (χ4v) is 4.32. The third-order valence-corrected chi connectivity index (χ3v) is 5.88. The summed E-state index contributed by atoms with van der Waals surface area (Å²) in [6, 6.07) is 19.6. The van der Waals surface area contributed by atoms with Crippen LogP contribution in [0.2, 0.25) is 0 Å². The van der Waals surface area contributed by atoms with Gasteiger partial charge in [0.25, 0.3) is 5.91 Å². The van der Waals surface area contributed by atoms with E-state index in [9.17, 15) is 22.8 Å². The molecule has 1 aliphatic rings. The SMILES string of the molecule is O=C(NC(=O)c1cccc(C(F)(F)F)c1)SNSN1c2cccc(-c3ccccc3)c21.